The molecule has 2 heteroatoms. The topological polar surface area (TPSA) is 22.0 Å². The van der Waals surface area contributed by atoms with E-state index in [0.29, 0.717) is 0 Å². The number of carbonyl (C=O) groups excluding carboxylic acids is 1. The number of aromatic nitrogens is 1. The maximum Gasteiger partial charge on any atom is 0.142 e. The number of aldehydes is 1. The van der Waals surface area contributed by atoms with E-state index in [0.717, 1.165) is 24.8 Å². The number of aryl methyl sites for hydroxylation is 1. The standard InChI is InChI=1S/C10H13NO/c1-2-6-11-7-5-10(9-11)4-3-8-12/h3-5,7-9H,2,6H2,1H3. The SMILES string of the molecule is CCCn1ccc(C=CC=O)c1. The summed E-state index contributed by atoms with van der Waals surface area (Å²) in [6, 6.07) is 2.00. The molecule has 0 unspecified atom stereocenters. The van der Waals surface area contributed by atoms with Gasteiger partial charge in [-0.3, -0.25) is 4.79 Å². The van der Waals surface area contributed by atoms with Gasteiger partial charge in [0.05, 0.1) is 0 Å². The van der Waals surface area contributed by atoms with Gasteiger partial charge in [-0.2, -0.15) is 0 Å². The zero-order chi connectivity index (χ0) is 8.81. The Bertz CT molecular complexity index is 273. The zero-order valence-electron chi connectivity index (χ0n) is 7.23. The fourth-order valence-corrected chi connectivity index (χ4v) is 1.11. The average molecular weight is 163 g/mol. The Morgan fingerprint density at radius 3 is 3.08 bits per heavy atom. The van der Waals surface area contributed by atoms with E-state index in [9.17, 15) is 4.79 Å². The third-order valence-corrected chi connectivity index (χ3v) is 1.62. The highest BCUT2D eigenvalue weighted by molar-refractivity contribution is 5.73. The largest absolute Gasteiger partial charge is 0.354 e. The van der Waals surface area contributed by atoms with Crippen molar-refractivity contribution in [1.29, 1.82) is 0 Å². The fraction of sp³-hybridized carbons (Fsp3) is 0.300. The molecular formula is C10H13NO. The van der Waals surface area contributed by atoms with Crippen molar-refractivity contribution in [3.63, 3.8) is 0 Å². The summed E-state index contributed by atoms with van der Waals surface area (Å²) in [5, 5.41) is 0. The lowest BCUT2D eigenvalue weighted by Gasteiger charge is -1.95. The predicted octanol–water partition coefficient (Wildman–Crippen LogP) is 2.11. The maximum absolute atomic E-state index is 10.0. The number of rotatable bonds is 4. The van der Waals surface area contributed by atoms with Gasteiger partial charge < -0.3 is 4.57 Å². The first-order valence-corrected chi connectivity index (χ1v) is 4.14. The van der Waals surface area contributed by atoms with Gasteiger partial charge in [0.15, 0.2) is 0 Å². The number of carbonyl (C=O) groups is 1. The maximum atomic E-state index is 10.0. The van der Waals surface area contributed by atoms with Crippen LogP contribution in [0.25, 0.3) is 6.08 Å². The van der Waals surface area contributed by atoms with E-state index < -0.39 is 0 Å². The molecule has 0 fully saturated rings. The Labute approximate surface area is 72.5 Å². The molecule has 0 saturated carbocycles. The van der Waals surface area contributed by atoms with Gasteiger partial charge in [-0.05, 0) is 24.1 Å². The Morgan fingerprint density at radius 1 is 1.58 bits per heavy atom. The highest BCUT2D eigenvalue weighted by Gasteiger charge is 1.90. The second kappa shape index (κ2) is 4.54. The number of nitrogens with zero attached hydrogens (tertiary/aromatic N) is 1. The number of hydrogen-bond acceptors (Lipinski definition) is 1. The molecule has 1 aromatic heterocycles. The van der Waals surface area contributed by atoms with Crippen molar-refractivity contribution < 1.29 is 4.79 Å². The monoisotopic (exact) mass is 163 g/mol. The highest BCUT2D eigenvalue weighted by atomic mass is 16.1. The van der Waals surface area contributed by atoms with Crippen LogP contribution in [0.4, 0.5) is 0 Å². The molecule has 0 aliphatic carbocycles. The molecule has 1 aromatic rings. The van der Waals surface area contributed by atoms with E-state index in [1.165, 1.54) is 6.08 Å². The summed E-state index contributed by atoms with van der Waals surface area (Å²) in [4.78, 5) is 10.0. The van der Waals surface area contributed by atoms with Gasteiger partial charge in [0, 0.05) is 18.9 Å². The first kappa shape index (κ1) is 8.78. The number of hydrogen-bond donors (Lipinski definition) is 0. The highest BCUT2D eigenvalue weighted by Crippen LogP contribution is 2.03. The molecule has 0 N–H and O–H groups in total. The molecule has 0 radical (unpaired) electrons. The smallest absolute Gasteiger partial charge is 0.142 e. The normalized spacial score (nSPS) is 10.8. The minimum absolute atomic E-state index is 0.789. The Hall–Kier alpha value is -1.31. The summed E-state index contributed by atoms with van der Waals surface area (Å²) in [6.07, 6.45) is 9.28. The third kappa shape index (κ3) is 2.38. The van der Waals surface area contributed by atoms with Gasteiger partial charge in [-0.15, -0.1) is 0 Å². The molecule has 64 valence electrons. The molecule has 0 amide bonds. The second-order valence-corrected chi connectivity index (χ2v) is 2.68. The first-order valence-electron chi connectivity index (χ1n) is 4.14. The zero-order valence-corrected chi connectivity index (χ0v) is 7.23. The van der Waals surface area contributed by atoms with Crippen molar-refractivity contribution >= 4 is 12.4 Å². The van der Waals surface area contributed by atoms with Crippen molar-refractivity contribution in [2.24, 2.45) is 0 Å². The van der Waals surface area contributed by atoms with E-state index in [-0.39, 0.29) is 0 Å². The summed E-state index contributed by atoms with van der Waals surface area (Å²) in [7, 11) is 0. The van der Waals surface area contributed by atoms with Crippen LogP contribution in [-0.4, -0.2) is 10.9 Å². The lowest BCUT2D eigenvalue weighted by atomic mass is 10.3. The minimum atomic E-state index is 0.789. The van der Waals surface area contributed by atoms with Gasteiger partial charge in [-0.25, -0.2) is 0 Å². The molecule has 1 heterocycles. The fourth-order valence-electron chi connectivity index (χ4n) is 1.11. The Morgan fingerprint density at radius 2 is 2.42 bits per heavy atom. The van der Waals surface area contributed by atoms with Gasteiger partial charge in [0.1, 0.15) is 6.29 Å². The Kier molecular flexibility index (Phi) is 3.33. The van der Waals surface area contributed by atoms with Crippen LogP contribution in [0.1, 0.15) is 18.9 Å². The van der Waals surface area contributed by atoms with Gasteiger partial charge in [0.25, 0.3) is 0 Å². The van der Waals surface area contributed by atoms with Crippen LogP contribution in [0.5, 0.6) is 0 Å². The molecule has 0 spiro atoms. The van der Waals surface area contributed by atoms with Crippen LogP contribution in [0.3, 0.4) is 0 Å². The van der Waals surface area contributed by atoms with Crippen molar-refractivity contribution in [3.05, 3.63) is 30.1 Å². The van der Waals surface area contributed by atoms with E-state index in [1.54, 1.807) is 6.08 Å². The van der Waals surface area contributed by atoms with Gasteiger partial charge in [0.2, 0.25) is 0 Å². The first-order chi connectivity index (χ1) is 5.86. The average Bonchev–Trinajstić information content (AvgIpc) is 2.50. The molecule has 0 aliphatic heterocycles. The van der Waals surface area contributed by atoms with Crippen molar-refractivity contribution in [2.75, 3.05) is 0 Å². The summed E-state index contributed by atoms with van der Waals surface area (Å²) in [5.74, 6) is 0. The van der Waals surface area contributed by atoms with E-state index in [1.807, 2.05) is 18.5 Å². The molecular weight excluding hydrogens is 150 g/mol. The predicted molar refractivity (Wildman–Crippen MR) is 49.8 cm³/mol. The lowest BCUT2D eigenvalue weighted by Crippen LogP contribution is -1.90. The second-order valence-electron chi connectivity index (χ2n) is 2.68. The quantitative estimate of drug-likeness (QED) is 0.492. The molecule has 0 atom stereocenters. The van der Waals surface area contributed by atoms with Crippen molar-refractivity contribution in [1.82, 2.24) is 4.57 Å². The molecule has 2 nitrogen and oxygen atoms in total. The Balaban J connectivity index is 2.63. The van der Waals surface area contributed by atoms with E-state index >= 15 is 0 Å². The van der Waals surface area contributed by atoms with E-state index in [2.05, 4.69) is 11.5 Å². The minimum Gasteiger partial charge on any atom is -0.354 e. The van der Waals surface area contributed by atoms with Crippen LogP contribution in [0, 0.1) is 0 Å². The summed E-state index contributed by atoms with van der Waals surface area (Å²) >= 11 is 0. The molecule has 0 bridgehead atoms. The van der Waals surface area contributed by atoms with Crippen molar-refractivity contribution in [2.45, 2.75) is 19.9 Å². The van der Waals surface area contributed by atoms with Gasteiger partial charge >= 0.3 is 0 Å². The molecule has 0 saturated heterocycles. The van der Waals surface area contributed by atoms with E-state index in [4.69, 9.17) is 0 Å². The van der Waals surface area contributed by atoms with Crippen LogP contribution in [0.15, 0.2) is 24.5 Å². The van der Waals surface area contributed by atoms with Gasteiger partial charge in [-0.1, -0.05) is 13.0 Å². The number of allylic oxidation sites excluding steroid dienone is 1. The molecule has 1 rings (SSSR count). The summed E-state index contributed by atoms with van der Waals surface area (Å²) < 4.78 is 2.12. The third-order valence-electron chi connectivity index (χ3n) is 1.62. The molecule has 0 aromatic carbocycles. The lowest BCUT2D eigenvalue weighted by molar-refractivity contribution is -0.104. The summed E-state index contributed by atoms with van der Waals surface area (Å²) in [5.41, 5.74) is 1.08. The molecule has 0 aliphatic rings. The van der Waals surface area contributed by atoms with Crippen molar-refractivity contribution in [3.8, 4) is 0 Å². The van der Waals surface area contributed by atoms with Crippen LogP contribution >= 0.6 is 0 Å². The van der Waals surface area contributed by atoms with Crippen LogP contribution < -0.4 is 0 Å². The van der Waals surface area contributed by atoms with Crippen LogP contribution in [0.2, 0.25) is 0 Å². The molecule has 12 heavy (non-hydrogen) atoms. The summed E-state index contributed by atoms with van der Waals surface area (Å²) in [6.45, 7) is 3.18. The van der Waals surface area contributed by atoms with Crippen LogP contribution in [-0.2, 0) is 11.3 Å².